The van der Waals surface area contributed by atoms with Crippen molar-refractivity contribution >= 4 is 17.3 Å². The molecule has 0 radical (unpaired) electrons. The summed E-state index contributed by atoms with van der Waals surface area (Å²) in [4.78, 5) is 11.1. The molecule has 2 unspecified atom stereocenters. The molecule has 1 aliphatic heterocycles. The molecule has 1 amide bonds. The Labute approximate surface area is 120 Å². The minimum absolute atomic E-state index is 0.0379. The first kappa shape index (κ1) is 14.9. The molecule has 1 aromatic rings. The number of amides is 1. The molecule has 4 heteroatoms. The van der Waals surface area contributed by atoms with Crippen LogP contribution in [0.2, 0.25) is 0 Å². The third kappa shape index (κ3) is 3.97. The number of ether oxygens (including phenoxy) is 1. The zero-order valence-corrected chi connectivity index (χ0v) is 12.5. The Bertz CT molecular complexity index is 474. The van der Waals surface area contributed by atoms with Crippen LogP contribution in [-0.2, 0) is 9.53 Å². The molecular weight excluding hydrogens is 252 g/mol. The van der Waals surface area contributed by atoms with E-state index in [-0.39, 0.29) is 5.91 Å². The van der Waals surface area contributed by atoms with Crippen molar-refractivity contribution in [2.45, 2.75) is 52.2 Å². The predicted molar refractivity (Wildman–Crippen MR) is 82.2 cm³/mol. The fourth-order valence-corrected chi connectivity index (χ4v) is 2.61. The molecule has 0 spiro atoms. The zero-order valence-electron chi connectivity index (χ0n) is 12.5. The van der Waals surface area contributed by atoms with E-state index in [1.165, 1.54) is 6.92 Å². The molecule has 1 saturated heterocycles. The average Bonchev–Trinajstić information content (AvgIpc) is 2.42. The molecule has 110 valence electrons. The Morgan fingerprint density at radius 2 is 2.25 bits per heavy atom. The van der Waals surface area contributed by atoms with Gasteiger partial charge in [-0.3, -0.25) is 4.79 Å². The average molecular weight is 276 g/mol. The SMILES string of the molecule is CCC1CC(Nc2ccc(NC(C)=O)c(C)c2)CCO1. The second-order valence-electron chi connectivity index (χ2n) is 5.48. The van der Waals surface area contributed by atoms with Crippen molar-refractivity contribution in [2.24, 2.45) is 0 Å². The number of anilines is 2. The Kier molecular flexibility index (Phi) is 5.01. The standard InChI is InChI=1S/C16H24N2O2/c1-4-15-10-14(7-8-20-15)18-13-5-6-16(11(2)9-13)17-12(3)19/h5-6,9,14-15,18H,4,7-8,10H2,1-3H3,(H,17,19). The molecule has 0 aromatic heterocycles. The van der Waals surface area contributed by atoms with Crippen LogP contribution >= 0.6 is 0 Å². The third-order valence-electron chi connectivity index (χ3n) is 3.73. The summed E-state index contributed by atoms with van der Waals surface area (Å²) < 4.78 is 5.69. The van der Waals surface area contributed by atoms with Crippen molar-refractivity contribution in [1.29, 1.82) is 0 Å². The number of carbonyl (C=O) groups is 1. The van der Waals surface area contributed by atoms with E-state index in [1.807, 2.05) is 19.1 Å². The molecule has 1 fully saturated rings. The maximum Gasteiger partial charge on any atom is 0.221 e. The second-order valence-corrected chi connectivity index (χ2v) is 5.48. The summed E-state index contributed by atoms with van der Waals surface area (Å²) in [6, 6.07) is 6.53. The molecule has 1 heterocycles. The Morgan fingerprint density at radius 1 is 1.45 bits per heavy atom. The van der Waals surface area contributed by atoms with Crippen LogP contribution in [0.4, 0.5) is 11.4 Å². The van der Waals surface area contributed by atoms with E-state index in [9.17, 15) is 4.79 Å². The summed E-state index contributed by atoms with van der Waals surface area (Å²) in [5, 5.41) is 6.41. The largest absolute Gasteiger partial charge is 0.382 e. The van der Waals surface area contributed by atoms with Crippen LogP contribution in [0.15, 0.2) is 18.2 Å². The molecule has 0 bridgehead atoms. The first-order chi connectivity index (χ1) is 9.58. The lowest BCUT2D eigenvalue weighted by Gasteiger charge is -2.30. The van der Waals surface area contributed by atoms with Gasteiger partial charge in [-0.1, -0.05) is 6.92 Å². The summed E-state index contributed by atoms with van der Waals surface area (Å²) in [5.41, 5.74) is 3.06. The quantitative estimate of drug-likeness (QED) is 0.887. The minimum atomic E-state index is -0.0379. The van der Waals surface area contributed by atoms with Crippen LogP contribution in [0.25, 0.3) is 0 Å². The fourth-order valence-electron chi connectivity index (χ4n) is 2.61. The first-order valence-electron chi connectivity index (χ1n) is 7.35. The van der Waals surface area contributed by atoms with Crippen LogP contribution in [0.3, 0.4) is 0 Å². The van der Waals surface area contributed by atoms with Crippen molar-refractivity contribution in [2.75, 3.05) is 17.2 Å². The van der Waals surface area contributed by atoms with Gasteiger partial charge >= 0.3 is 0 Å². The van der Waals surface area contributed by atoms with E-state index >= 15 is 0 Å². The van der Waals surface area contributed by atoms with E-state index in [4.69, 9.17) is 4.74 Å². The normalized spacial score (nSPS) is 22.4. The van der Waals surface area contributed by atoms with Crippen molar-refractivity contribution in [1.82, 2.24) is 0 Å². The number of aryl methyl sites for hydroxylation is 1. The van der Waals surface area contributed by atoms with Gasteiger partial charge in [0.05, 0.1) is 6.10 Å². The summed E-state index contributed by atoms with van der Waals surface area (Å²) in [6.45, 7) is 6.53. The molecule has 1 aromatic carbocycles. The highest BCUT2D eigenvalue weighted by Crippen LogP contribution is 2.24. The van der Waals surface area contributed by atoms with Crippen LogP contribution in [0.1, 0.15) is 38.7 Å². The summed E-state index contributed by atoms with van der Waals surface area (Å²) in [5.74, 6) is -0.0379. The van der Waals surface area contributed by atoms with Gasteiger partial charge in [0.15, 0.2) is 0 Å². The first-order valence-corrected chi connectivity index (χ1v) is 7.35. The van der Waals surface area contributed by atoms with Crippen LogP contribution in [0.5, 0.6) is 0 Å². The van der Waals surface area contributed by atoms with E-state index in [0.29, 0.717) is 12.1 Å². The lowest BCUT2D eigenvalue weighted by atomic mass is 10.0. The number of hydrogen-bond donors (Lipinski definition) is 2. The maximum atomic E-state index is 11.1. The summed E-state index contributed by atoms with van der Waals surface area (Å²) in [7, 11) is 0. The molecule has 2 rings (SSSR count). The Hall–Kier alpha value is -1.55. The Morgan fingerprint density at radius 3 is 2.90 bits per heavy atom. The smallest absolute Gasteiger partial charge is 0.221 e. The van der Waals surface area contributed by atoms with Crippen molar-refractivity contribution in [3.8, 4) is 0 Å². The van der Waals surface area contributed by atoms with Gasteiger partial charge in [0.2, 0.25) is 5.91 Å². The van der Waals surface area contributed by atoms with Gasteiger partial charge in [-0.2, -0.15) is 0 Å². The van der Waals surface area contributed by atoms with Gasteiger partial charge in [-0.15, -0.1) is 0 Å². The van der Waals surface area contributed by atoms with Gasteiger partial charge < -0.3 is 15.4 Å². The van der Waals surface area contributed by atoms with Gasteiger partial charge in [-0.05, 0) is 49.9 Å². The Balaban J connectivity index is 1.99. The fraction of sp³-hybridized carbons (Fsp3) is 0.562. The summed E-state index contributed by atoms with van der Waals surface area (Å²) in [6.07, 6.45) is 3.55. The lowest BCUT2D eigenvalue weighted by molar-refractivity contribution is -0.114. The molecule has 2 N–H and O–H groups in total. The van der Waals surface area contributed by atoms with Crippen LogP contribution in [0, 0.1) is 6.92 Å². The van der Waals surface area contributed by atoms with E-state index in [0.717, 1.165) is 42.8 Å². The van der Waals surface area contributed by atoms with E-state index in [2.05, 4.69) is 23.6 Å². The van der Waals surface area contributed by atoms with Crippen LogP contribution < -0.4 is 10.6 Å². The number of rotatable bonds is 4. The molecule has 1 aliphatic rings. The second kappa shape index (κ2) is 6.75. The third-order valence-corrected chi connectivity index (χ3v) is 3.73. The van der Waals surface area contributed by atoms with Gasteiger partial charge in [0, 0.05) is 30.9 Å². The number of nitrogens with one attached hydrogen (secondary N) is 2. The molecule has 4 nitrogen and oxygen atoms in total. The number of hydrogen-bond acceptors (Lipinski definition) is 3. The van der Waals surface area contributed by atoms with Crippen molar-refractivity contribution < 1.29 is 9.53 Å². The zero-order chi connectivity index (χ0) is 14.5. The van der Waals surface area contributed by atoms with Gasteiger partial charge in [-0.25, -0.2) is 0 Å². The monoisotopic (exact) mass is 276 g/mol. The maximum absolute atomic E-state index is 11.1. The molecular formula is C16H24N2O2. The summed E-state index contributed by atoms with van der Waals surface area (Å²) >= 11 is 0. The number of benzene rings is 1. The van der Waals surface area contributed by atoms with Gasteiger partial charge in [0.25, 0.3) is 0 Å². The highest BCUT2D eigenvalue weighted by molar-refractivity contribution is 5.89. The molecule has 20 heavy (non-hydrogen) atoms. The van der Waals surface area contributed by atoms with Gasteiger partial charge in [0.1, 0.15) is 0 Å². The van der Waals surface area contributed by atoms with E-state index < -0.39 is 0 Å². The molecule has 0 saturated carbocycles. The van der Waals surface area contributed by atoms with Crippen molar-refractivity contribution in [3.63, 3.8) is 0 Å². The highest BCUT2D eigenvalue weighted by atomic mass is 16.5. The molecule has 0 aliphatic carbocycles. The highest BCUT2D eigenvalue weighted by Gasteiger charge is 2.21. The topological polar surface area (TPSA) is 50.4 Å². The van der Waals surface area contributed by atoms with Crippen LogP contribution in [-0.4, -0.2) is 24.7 Å². The number of carbonyl (C=O) groups excluding carboxylic acids is 1. The van der Waals surface area contributed by atoms with E-state index in [1.54, 1.807) is 0 Å². The minimum Gasteiger partial charge on any atom is -0.382 e. The lowest BCUT2D eigenvalue weighted by Crippen LogP contribution is -2.33. The predicted octanol–water partition coefficient (Wildman–Crippen LogP) is 3.32. The van der Waals surface area contributed by atoms with Crippen molar-refractivity contribution in [3.05, 3.63) is 23.8 Å². The molecule has 2 atom stereocenters.